The van der Waals surface area contributed by atoms with Gasteiger partial charge in [-0.25, -0.2) is 4.98 Å². The predicted octanol–water partition coefficient (Wildman–Crippen LogP) is 1.36. The Kier molecular flexibility index (Phi) is 5.61. The van der Waals surface area contributed by atoms with Crippen molar-refractivity contribution in [2.24, 2.45) is 5.92 Å². The molecule has 3 atom stereocenters. The van der Waals surface area contributed by atoms with E-state index in [-0.39, 0.29) is 18.6 Å². The van der Waals surface area contributed by atoms with Gasteiger partial charge in [-0.2, -0.15) is 0 Å². The number of hydrogen-bond acceptors (Lipinski definition) is 4. The standard InChI is InChI=1S/C18H23N3O3/c22-17-9-15(10-21-7-6-19-13-21)8-16(17)20-18(23)12-24-11-14-4-2-1-3-5-14/h1-7,13,15-17,22H,8-12H2,(H,20,23)/t15?,16-,17-/m1/s1. The lowest BCUT2D eigenvalue weighted by Gasteiger charge is -2.16. The van der Waals surface area contributed by atoms with E-state index in [0.29, 0.717) is 18.9 Å². The van der Waals surface area contributed by atoms with Crippen LogP contribution in [-0.2, 0) is 22.7 Å². The molecule has 24 heavy (non-hydrogen) atoms. The zero-order chi connectivity index (χ0) is 16.8. The molecule has 1 saturated carbocycles. The second kappa shape index (κ2) is 8.08. The number of aliphatic hydroxyl groups excluding tert-OH is 1. The second-order valence-electron chi connectivity index (χ2n) is 6.32. The van der Waals surface area contributed by atoms with Crippen LogP contribution in [0.4, 0.5) is 0 Å². The summed E-state index contributed by atoms with van der Waals surface area (Å²) in [6.07, 6.45) is 6.38. The number of carbonyl (C=O) groups excluding carboxylic acids is 1. The highest BCUT2D eigenvalue weighted by Crippen LogP contribution is 2.27. The van der Waals surface area contributed by atoms with Gasteiger partial charge < -0.3 is 19.7 Å². The molecule has 1 amide bonds. The van der Waals surface area contributed by atoms with Crippen molar-refractivity contribution in [1.82, 2.24) is 14.9 Å². The van der Waals surface area contributed by atoms with Crippen molar-refractivity contribution in [2.45, 2.75) is 38.1 Å². The number of nitrogens with zero attached hydrogens (tertiary/aromatic N) is 2. The fourth-order valence-corrected chi connectivity index (χ4v) is 3.20. The Morgan fingerprint density at radius 2 is 2.17 bits per heavy atom. The van der Waals surface area contributed by atoms with Crippen molar-refractivity contribution in [3.05, 3.63) is 54.6 Å². The lowest BCUT2D eigenvalue weighted by Crippen LogP contribution is -2.41. The highest BCUT2D eigenvalue weighted by molar-refractivity contribution is 5.77. The van der Waals surface area contributed by atoms with Crippen molar-refractivity contribution in [3.8, 4) is 0 Å². The van der Waals surface area contributed by atoms with Crippen LogP contribution in [0.25, 0.3) is 0 Å². The Hall–Kier alpha value is -2.18. The number of hydrogen-bond donors (Lipinski definition) is 2. The number of benzene rings is 1. The first-order valence-electron chi connectivity index (χ1n) is 8.25. The first-order valence-corrected chi connectivity index (χ1v) is 8.25. The third kappa shape index (κ3) is 4.66. The molecular weight excluding hydrogens is 306 g/mol. The number of ether oxygens (including phenoxy) is 1. The number of amides is 1. The summed E-state index contributed by atoms with van der Waals surface area (Å²) < 4.78 is 7.44. The molecule has 0 spiro atoms. The van der Waals surface area contributed by atoms with Gasteiger partial charge in [0.2, 0.25) is 5.91 Å². The van der Waals surface area contributed by atoms with E-state index < -0.39 is 6.10 Å². The maximum absolute atomic E-state index is 12.0. The Morgan fingerprint density at radius 3 is 2.92 bits per heavy atom. The smallest absolute Gasteiger partial charge is 0.246 e. The summed E-state index contributed by atoms with van der Waals surface area (Å²) in [5.41, 5.74) is 1.03. The minimum absolute atomic E-state index is 0.00427. The quantitative estimate of drug-likeness (QED) is 0.804. The molecule has 1 aliphatic carbocycles. The molecule has 6 nitrogen and oxygen atoms in total. The fraction of sp³-hybridized carbons (Fsp3) is 0.444. The van der Waals surface area contributed by atoms with E-state index >= 15 is 0 Å². The summed E-state index contributed by atoms with van der Waals surface area (Å²) in [5, 5.41) is 13.0. The normalized spacial score (nSPS) is 23.3. The molecule has 1 aliphatic rings. The van der Waals surface area contributed by atoms with Crippen LogP contribution >= 0.6 is 0 Å². The molecule has 3 rings (SSSR count). The topological polar surface area (TPSA) is 76.4 Å². The van der Waals surface area contributed by atoms with Crippen molar-refractivity contribution in [1.29, 1.82) is 0 Å². The van der Waals surface area contributed by atoms with Crippen LogP contribution in [0.5, 0.6) is 0 Å². The van der Waals surface area contributed by atoms with Gasteiger partial charge in [-0.1, -0.05) is 30.3 Å². The summed E-state index contributed by atoms with van der Waals surface area (Å²) in [7, 11) is 0. The molecule has 1 fully saturated rings. The number of rotatable bonds is 7. The Balaban J connectivity index is 1.39. The Bertz CT molecular complexity index is 630. The zero-order valence-electron chi connectivity index (χ0n) is 13.5. The summed E-state index contributed by atoms with van der Waals surface area (Å²) >= 11 is 0. The number of aliphatic hydroxyl groups is 1. The highest BCUT2D eigenvalue weighted by Gasteiger charge is 2.33. The van der Waals surface area contributed by atoms with Crippen LogP contribution in [0, 0.1) is 5.92 Å². The monoisotopic (exact) mass is 329 g/mol. The molecule has 0 bridgehead atoms. The number of nitrogens with one attached hydrogen (secondary N) is 1. The van der Waals surface area contributed by atoms with Crippen LogP contribution in [0.1, 0.15) is 18.4 Å². The summed E-state index contributed by atoms with van der Waals surface area (Å²) in [6.45, 7) is 1.23. The van der Waals surface area contributed by atoms with E-state index in [4.69, 9.17) is 4.74 Å². The fourth-order valence-electron chi connectivity index (χ4n) is 3.20. The van der Waals surface area contributed by atoms with Gasteiger partial charge in [-0.3, -0.25) is 4.79 Å². The maximum atomic E-state index is 12.0. The van der Waals surface area contributed by atoms with Crippen LogP contribution in [0.2, 0.25) is 0 Å². The second-order valence-corrected chi connectivity index (χ2v) is 6.32. The van der Waals surface area contributed by atoms with E-state index in [0.717, 1.165) is 18.5 Å². The van der Waals surface area contributed by atoms with E-state index in [9.17, 15) is 9.90 Å². The first-order chi connectivity index (χ1) is 11.7. The molecule has 6 heteroatoms. The lowest BCUT2D eigenvalue weighted by molar-refractivity contribution is -0.127. The molecular formula is C18H23N3O3. The molecule has 0 aliphatic heterocycles. The SMILES string of the molecule is O=C(COCc1ccccc1)N[C@@H]1CC(Cn2ccnc2)C[C@H]1O. The first kappa shape index (κ1) is 16.7. The number of aromatic nitrogens is 2. The maximum Gasteiger partial charge on any atom is 0.246 e. The molecule has 1 aromatic heterocycles. The molecule has 1 aromatic carbocycles. The van der Waals surface area contributed by atoms with Gasteiger partial charge in [0.25, 0.3) is 0 Å². The molecule has 128 valence electrons. The van der Waals surface area contributed by atoms with Crippen molar-refractivity contribution in [3.63, 3.8) is 0 Å². The Labute approximate surface area is 141 Å². The molecule has 2 aromatic rings. The van der Waals surface area contributed by atoms with Crippen LogP contribution in [0.15, 0.2) is 49.1 Å². The third-order valence-electron chi connectivity index (χ3n) is 4.35. The van der Waals surface area contributed by atoms with Crippen LogP contribution in [-0.4, -0.2) is 39.3 Å². The molecule has 1 heterocycles. The van der Waals surface area contributed by atoms with E-state index in [1.807, 2.05) is 41.1 Å². The van der Waals surface area contributed by atoms with Crippen molar-refractivity contribution >= 4 is 5.91 Å². The average Bonchev–Trinajstić information content (AvgIpc) is 3.19. The lowest BCUT2D eigenvalue weighted by atomic mass is 10.1. The summed E-state index contributed by atoms with van der Waals surface area (Å²) in [4.78, 5) is 16.0. The molecule has 0 radical (unpaired) electrons. The third-order valence-corrected chi connectivity index (χ3v) is 4.35. The predicted molar refractivity (Wildman–Crippen MR) is 89.0 cm³/mol. The molecule has 1 unspecified atom stereocenters. The Morgan fingerprint density at radius 1 is 1.33 bits per heavy atom. The van der Waals surface area contributed by atoms with Crippen LogP contribution in [0.3, 0.4) is 0 Å². The number of carbonyl (C=O) groups is 1. The van der Waals surface area contributed by atoms with Gasteiger partial charge in [-0.15, -0.1) is 0 Å². The van der Waals surface area contributed by atoms with Crippen molar-refractivity contribution in [2.75, 3.05) is 6.61 Å². The minimum atomic E-state index is -0.503. The zero-order valence-corrected chi connectivity index (χ0v) is 13.5. The van der Waals surface area contributed by atoms with Gasteiger partial charge in [0.15, 0.2) is 0 Å². The minimum Gasteiger partial charge on any atom is -0.391 e. The van der Waals surface area contributed by atoms with Crippen LogP contribution < -0.4 is 5.32 Å². The van der Waals surface area contributed by atoms with Gasteiger partial charge in [0.1, 0.15) is 6.61 Å². The van der Waals surface area contributed by atoms with E-state index in [1.165, 1.54) is 0 Å². The van der Waals surface area contributed by atoms with Gasteiger partial charge >= 0.3 is 0 Å². The number of imidazole rings is 1. The highest BCUT2D eigenvalue weighted by atomic mass is 16.5. The van der Waals surface area contributed by atoms with Gasteiger partial charge in [-0.05, 0) is 24.3 Å². The summed E-state index contributed by atoms with van der Waals surface area (Å²) in [5.74, 6) is 0.156. The average molecular weight is 329 g/mol. The van der Waals surface area contributed by atoms with Crippen molar-refractivity contribution < 1.29 is 14.6 Å². The molecule has 2 N–H and O–H groups in total. The van der Waals surface area contributed by atoms with E-state index in [1.54, 1.807) is 12.5 Å². The molecule has 0 saturated heterocycles. The summed E-state index contributed by atoms with van der Waals surface area (Å²) in [6, 6.07) is 9.53. The largest absolute Gasteiger partial charge is 0.391 e. The van der Waals surface area contributed by atoms with E-state index in [2.05, 4.69) is 10.3 Å². The van der Waals surface area contributed by atoms with Gasteiger partial charge in [0, 0.05) is 18.9 Å². The van der Waals surface area contributed by atoms with Gasteiger partial charge in [0.05, 0.1) is 25.1 Å².